The van der Waals surface area contributed by atoms with Crippen LogP contribution in [0, 0.1) is 0 Å². The van der Waals surface area contributed by atoms with E-state index in [1.54, 1.807) is 48.1 Å². The number of hydrogen-bond acceptors (Lipinski definition) is 8. The highest BCUT2D eigenvalue weighted by molar-refractivity contribution is 5.91. The van der Waals surface area contributed by atoms with Crippen molar-refractivity contribution in [1.82, 2.24) is 59.1 Å². The number of hydrogen-bond donors (Lipinski definition) is 1. The molecule has 36 heavy (non-hydrogen) atoms. The Hall–Kier alpha value is -4.88. The predicted molar refractivity (Wildman–Crippen MR) is 130 cm³/mol. The lowest BCUT2D eigenvalue weighted by Crippen LogP contribution is -2.24. The lowest BCUT2D eigenvalue weighted by molar-refractivity contribution is 0.523. The fourth-order valence-corrected chi connectivity index (χ4v) is 4.42. The molecule has 0 fully saturated rings. The van der Waals surface area contributed by atoms with Crippen molar-refractivity contribution < 1.29 is 0 Å². The lowest BCUT2D eigenvalue weighted by Gasteiger charge is -2.11. The second-order valence-corrected chi connectivity index (χ2v) is 8.49. The molecule has 0 radical (unpaired) electrons. The van der Waals surface area contributed by atoms with Crippen molar-refractivity contribution in [3.8, 4) is 22.3 Å². The Balaban J connectivity index is 1.46. The summed E-state index contributed by atoms with van der Waals surface area (Å²) in [6.45, 7) is 3.01. The highest BCUT2D eigenvalue weighted by Crippen LogP contribution is 2.26. The number of aryl methyl sites for hydroxylation is 5. The molecule has 182 valence electrons. The first-order valence-electron chi connectivity index (χ1n) is 11.3. The second-order valence-electron chi connectivity index (χ2n) is 8.49. The van der Waals surface area contributed by atoms with Crippen molar-refractivity contribution in [3.05, 3.63) is 57.9 Å². The van der Waals surface area contributed by atoms with Gasteiger partial charge in [-0.15, -0.1) is 10.2 Å². The van der Waals surface area contributed by atoms with Gasteiger partial charge in [-0.05, 0) is 6.92 Å². The van der Waals surface area contributed by atoms with Gasteiger partial charge in [0, 0.05) is 74.2 Å². The standard InChI is InChI=1S/C22H22N12O2/c1-4-33-20-17(26-28-33)16(14-8-25-31(3)11-14)12-32(22(20)36)5-6-34-19-15(13-7-24-30(2)10-13)9-23-21(35)18(19)27-29-34/h7-12H,4-6H2,1-3H3,(H,23,35). The van der Waals surface area contributed by atoms with Crippen molar-refractivity contribution in [2.75, 3.05) is 0 Å². The van der Waals surface area contributed by atoms with Crippen LogP contribution in [-0.4, -0.2) is 59.1 Å². The molecule has 0 unspecified atom stereocenters. The van der Waals surface area contributed by atoms with Crippen LogP contribution in [-0.2, 0) is 33.7 Å². The highest BCUT2D eigenvalue weighted by atomic mass is 16.1. The van der Waals surface area contributed by atoms with Gasteiger partial charge in [-0.25, -0.2) is 9.36 Å². The second kappa shape index (κ2) is 8.11. The molecular formula is C22H22N12O2. The summed E-state index contributed by atoms with van der Waals surface area (Å²) >= 11 is 0. The van der Waals surface area contributed by atoms with E-state index in [-0.39, 0.29) is 23.2 Å². The molecule has 0 aliphatic rings. The van der Waals surface area contributed by atoms with Gasteiger partial charge in [-0.1, -0.05) is 10.4 Å². The molecule has 0 amide bonds. The van der Waals surface area contributed by atoms with Crippen LogP contribution in [0.1, 0.15) is 6.92 Å². The zero-order valence-corrected chi connectivity index (χ0v) is 19.8. The molecule has 14 nitrogen and oxygen atoms in total. The van der Waals surface area contributed by atoms with E-state index in [9.17, 15) is 9.59 Å². The van der Waals surface area contributed by atoms with Gasteiger partial charge in [0.25, 0.3) is 11.1 Å². The molecule has 6 aromatic rings. The topological polar surface area (TPSA) is 152 Å². The highest BCUT2D eigenvalue weighted by Gasteiger charge is 2.19. The van der Waals surface area contributed by atoms with Gasteiger partial charge in [0.1, 0.15) is 11.0 Å². The summed E-state index contributed by atoms with van der Waals surface area (Å²) in [6, 6.07) is 0. The Bertz CT molecular complexity index is 1860. The van der Waals surface area contributed by atoms with Crippen molar-refractivity contribution >= 4 is 22.1 Å². The molecule has 0 bridgehead atoms. The maximum Gasteiger partial charge on any atom is 0.278 e. The van der Waals surface area contributed by atoms with Crippen molar-refractivity contribution in [2.24, 2.45) is 14.1 Å². The van der Waals surface area contributed by atoms with E-state index >= 15 is 0 Å². The fraction of sp³-hybridized carbons (Fsp3) is 0.273. The summed E-state index contributed by atoms with van der Waals surface area (Å²) in [5.74, 6) is 0. The summed E-state index contributed by atoms with van der Waals surface area (Å²) < 4.78 is 8.23. The van der Waals surface area contributed by atoms with Crippen LogP contribution in [0.15, 0.2) is 46.8 Å². The third-order valence-electron chi connectivity index (χ3n) is 6.18. The van der Waals surface area contributed by atoms with Crippen LogP contribution in [0.5, 0.6) is 0 Å². The molecule has 0 aliphatic carbocycles. The largest absolute Gasteiger partial charge is 0.326 e. The van der Waals surface area contributed by atoms with E-state index in [0.29, 0.717) is 29.6 Å². The van der Waals surface area contributed by atoms with Gasteiger partial charge in [0.05, 0.1) is 18.9 Å². The average molecular weight is 487 g/mol. The molecule has 1 N–H and O–H groups in total. The molecule has 0 saturated heterocycles. The molecule has 0 spiro atoms. The summed E-state index contributed by atoms with van der Waals surface area (Å²) in [5, 5.41) is 25.3. The Kier molecular flexibility index (Phi) is 4.87. The lowest BCUT2D eigenvalue weighted by atomic mass is 10.1. The molecule has 14 heteroatoms. The van der Waals surface area contributed by atoms with Gasteiger partial charge < -0.3 is 9.55 Å². The van der Waals surface area contributed by atoms with Crippen LogP contribution < -0.4 is 11.1 Å². The van der Waals surface area contributed by atoms with Gasteiger partial charge in [-0.2, -0.15) is 10.2 Å². The van der Waals surface area contributed by atoms with Gasteiger partial charge in [0.15, 0.2) is 11.0 Å². The van der Waals surface area contributed by atoms with Crippen molar-refractivity contribution in [2.45, 2.75) is 26.6 Å². The quantitative estimate of drug-likeness (QED) is 0.358. The molecule has 6 heterocycles. The van der Waals surface area contributed by atoms with Crippen LogP contribution in [0.3, 0.4) is 0 Å². The zero-order chi connectivity index (χ0) is 25.0. The zero-order valence-electron chi connectivity index (χ0n) is 19.8. The number of rotatable bonds is 6. The Morgan fingerprint density at radius 2 is 1.47 bits per heavy atom. The molecule has 0 saturated carbocycles. The van der Waals surface area contributed by atoms with E-state index in [1.165, 1.54) is 0 Å². The van der Waals surface area contributed by atoms with Crippen molar-refractivity contribution in [3.63, 3.8) is 0 Å². The van der Waals surface area contributed by atoms with Crippen LogP contribution in [0.25, 0.3) is 44.3 Å². The van der Waals surface area contributed by atoms with Crippen molar-refractivity contribution in [1.29, 1.82) is 0 Å². The SMILES string of the molecule is CCn1nnc2c(-c3cnn(C)c3)cn(CCn3nnc4c(=O)[nH]cc(-c5cnn(C)c5)c43)c(=O)c21. The molecule has 6 aromatic heterocycles. The monoisotopic (exact) mass is 486 g/mol. The van der Waals surface area contributed by atoms with Gasteiger partial charge >= 0.3 is 0 Å². The molecule has 0 aliphatic heterocycles. The Morgan fingerprint density at radius 1 is 0.806 bits per heavy atom. The smallest absolute Gasteiger partial charge is 0.278 e. The van der Waals surface area contributed by atoms with E-state index in [1.807, 2.05) is 33.4 Å². The third kappa shape index (κ3) is 3.33. The van der Waals surface area contributed by atoms with E-state index in [0.717, 1.165) is 22.3 Å². The minimum atomic E-state index is -0.334. The van der Waals surface area contributed by atoms with Gasteiger partial charge in [-0.3, -0.25) is 19.0 Å². The first kappa shape index (κ1) is 21.6. The number of aromatic amines is 1. The summed E-state index contributed by atoms with van der Waals surface area (Å²) in [4.78, 5) is 28.6. The predicted octanol–water partition coefficient (Wildman–Crippen LogP) is 0.547. The maximum absolute atomic E-state index is 13.5. The minimum absolute atomic E-state index is 0.209. The summed E-state index contributed by atoms with van der Waals surface area (Å²) in [6.07, 6.45) is 10.6. The van der Waals surface area contributed by atoms with E-state index in [2.05, 4.69) is 35.8 Å². The van der Waals surface area contributed by atoms with Crippen LogP contribution >= 0.6 is 0 Å². The van der Waals surface area contributed by atoms with Crippen LogP contribution in [0.2, 0.25) is 0 Å². The maximum atomic E-state index is 13.5. The third-order valence-corrected chi connectivity index (χ3v) is 6.18. The minimum Gasteiger partial charge on any atom is -0.326 e. The Labute approximate surface area is 202 Å². The van der Waals surface area contributed by atoms with E-state index < -0.39 is 0 Å². The number of nitrogens with one attached hydrogen (secondary N) is 1. The summed E-state index contributed by atoms with van der Waals surface area (Å²) in [5.41, 5.74) is 4.37. The fourth-order valence-electron chi connectivity index (χ4n) is 4.42. The van der Waals surface area contributed by atoms with E-state index in [4.69, 9.17) is 0 Å². The average Bonchev–Trinajstić information content (AvgIpc) is 3.66. The molecular weight excluding hydrogens is 464 g/mol. The molecule has 0 atom stereocenters. The van der Waals surface area contributed by atoms with Gasteiger partial charge in [0.2, 0.25) is 0 Å². The number of pyridine rings is 2. The molecule has 0 aromatic carbocycles. The first-order valence-corrected chi connectivity index (χ1v) is 11.3. The normalized spacial score (nSPS) is 11.8. The summed E-state index contributed by atoms with van der Waals surface area (Å²) in [7, 11) is 3.65. The van der Waals surface area contributed by atoms with Crippen LogP contribution in [0.4, 0.5) is 0 Å². The first-order chi connectivity index (χ1) is 17.4. The number of fused-ring (bicyclic) bond motifs is 2. The number of aromatic nitrogens is 12. The molecule has 6 rings (SSSR count). The Morgan fingerprint density at radius 3 is 2.14 bits per heavy atom. The number of nitrogens with zero attached hydrogens (tertiary/aromatic N) is 11. The number of H-pyrrole nitrogens is 1.